The number of thiophene rings is 1. The van der Waals surface area contributed by atoms with Gasteiger partial charge >= 0.3 is 0 Å². The van der Waals surface area contributed by atoms with Crippen molar-refractivity contribution in [2.24, 2.45) is 0 Å². The Morgan fingerprint density at radius 3 is 2.54 bits per heavy atom. The third-order valence-corrected chi connectivity index (χ3v) is 4.98. The lowest BCUT2D eigenvalue weighted by Gasteiger charge is -2.18. The Bertz CT molecular complexity index is 739. The van der Waals surface area contributed by atoms with Crippen LogP contribution in [-0.4, -0.2) is 17.9 Å². The molecule has 2 aromatic rings. The summed E-state index contributed by atoms with van der Waals surface area (Å²) in [5.74, 6) is -0.00867. The number of benzene rings is 1. The van der Waals surface area contributed by atoms with E-state index in [9.17, 15) is 9.59 Å². The fourth-order valence-electron chi connectivity index (χ4n) is 2.49. The first-order chi connectivity index (χ1) is 12.4. The Morgan fingerprint density at radius 1 is 1.23 bits per heavy atom. The highest BCUT2D eigenvalue weighted by Crippen LogP contribution is 2.27. The number of hydrogen-bond donors (Lipinski definition) is 2. The van der Waals surface area contributed by atoms with Gasteiger partial charge in [0.1, 0.15) is 5.75 Å². The third-order valence-electron chi connectivity index (χ3n) is 3.82. The van der Waals surface area contributed by atoms with Gasteiger partial charge in [-0.3, -0.25) is 20.4 Å². The summed E-state index contributed by atoms with van der Waals surface area (Å²) < 4.78 is 5.73. The summed E-state index contributed by atoms with van der Waals surface area (Å²) in [6.45, 7) is 5.37. The molecule has 0 aliphatic carbocycles. The van der Waals surface area contributed by atoms with Gasteiger partial charge in [-0.1, -0.05) is 17.7 Å². The molecule has 0 saturated carbocycles. The maximum atomic E-state index is 12.1. The van der Waals surface area contributed by atoms with Crippen LogP contribution in [0.3, 0.4) is 0 Å². The van der Waals surface area contributed by atoms with Gasteiger partial charge in [0, 0.05) is 16.3 Å². The number of aryl methyl sites for hydroxylation is 3. The molecule has 0 aliphatic rings. The molecule has 1 aromatic carbocycles. The van der Waals surface area contributed by atoms with Gasteiger partial charge < -0.3 is 4.74 Å². The molecular formula is C19H23ClN2O3S. The molecule has 0 spiro atoms. The molecule has 1 aromatic heterocycles. The van der Waals surface area contributed by atoms with Crippen molar-refractivity contribution in [2.45, 2.75) is 46.1 Å². The van der Waals surface area contributed by atoms with E-state index in [1.165, 1.54) is 4.88 Å². The molecule has 2 amide bonds. The zero-order chi connectivity index (χ0) is 19.1. The van der Waals surface area contributed by atoms with Gasteiger partial charge in [-0.2, -0.15) is 0 Å². The first-order valence-electron chi connectivity index (χ1n) is 8.41. The normalized spacial score (nSPS) is 11.7. The molecule has 0 aliphatic heterocycles. The van der Waals surface area contributed by atoms with E-state index in [2.05, 4.69) is 10.9 Å². The van der Waals surface area contributed by atoms with E-state index in [-0.39, 0.29) is 5.91 Å². The van der Waals surface area contributed by atoms with Gasteiger partial charge in [-0.15, -0.1) is 11.3 Å². The SMILES string of the molecule is Cc1cc(Cl)cc(C)c1OC(C)C(=O)NNC(=O)CCCc1cccs1. The highest BCUT2D eigenvalue weighted by molar-refractivity contribution is 7.09. The van der Waals surface area contributed by atoms with Crippen molar-refractivity contribution in [3.63, 3.8) is 0 Å². The number of nitrogens with one attached hydrogen (secondary N) is 2. The van der Waals surface area contributed by atoms with Crippen molar-refractivity contribution >= 4 is 34.8 Å². The highest BCUT2D eigenvalue weighted by Gasteiger charge is 2.17. The molecule has 26 heavy (non-hydrogen) atoms. The van der Waals surface area contributed by atoms with Crippen LogP contribution >= 0.6 is 22.9 Å². The summed E-state index contributed by atoms with van der Waals surface area (Å²) in [6, 6.07) is 7.60. The quantitative estimate of drug-likeness (QED) is 0.698. The van der Waals surface area contributed by atoms with Crippen LogP contribution in [0.25, 0.3) is 0 Å². The number of hydrazine groups is 1. The third kappa shape index (κ3) is 6.04. The number of halogens is 1. The van der Waals surface area contributed by atoms with Gasteiger partial charge in [0.25, 0.3) is 5.91 Å². The largest absolute Gasteiger partial charge is 0.480 e. The van der Waals surface area contributed by atoms with Crippen molar-refractivity contribution < 1.29 is 14.3 Å². The summed E-state index contributed by atoms with van der Waals surface area (Å²) >= 11 is 7.67. The van der Waals surface area contributed by atoms with E-state index >= 15 is 0 Å². The van der Waals surface area contributed by atoms with Crippen molar-refractivity contribution in [3.05, 3.63) is 50.7 Å². The fraction of sp³-hybridized carbons (Fsp3) is 0.368. The van der Waals surface area contributed by atoms with Crippen LogP contribution in [0.1, 0.15) is 35.8 Å². The number of ether oxygens (including phenoxy) is 1. The van der Waals surface area contributed by atoms with E-state index in [0.29, 0.717) is 17.2 Å². The Kier molecular flexibility index (Phi) is 7.48. The molecule has 2 rings (SSSR count). The predicted octanol–water partition coefficient (Wildman–Crippen LogP) is 3.96. The summed E-state index contributed by atoms with van der Waals surface area (Å²) in [4.78, 5) is 25.2. The van der Waals surface area contributed by atoms with E-state index in [0.717, 1.165) is 24.0 Å². The number of hydrogen-bond acceptors (Lipinski definition) is 4. The topological polar surface area (TPSA) is 67.4 Å². The molecule has 5 nitrogen and oxygen atoms in total. The fourth-order valence-corrected chi connectivity index (χ4v) is 3.57. The lowest BCUT2D eigenvalue weighted by Crippen LogP contribution is -2.47. The molecule has 0 bridgehead atoms. The van der Waals surface area contributed by atoms with Crippen molar-refractivity contribution in [2.75, 3.05) is 0 Å². The van der Waals surface area contributed by atoms with Crippen molar-refractivity contribution in [1.82, 2.24) is 10.9 Å². The second-order valence-electron chi connectivity index (χ2n) is 6.10. The van der Waals surface area contributed by atoms with E-state index < -0.39 is 12.0 Å². The lowest BCUT2D eigenvalue weighted by molar-refractivity contribution is -0.132. The maximum absolute atomic E-state index is 12.1. The summed E-state index contributed by atoms with van der Waals surface area (Å²) in [5, 5.41) is 2.64. The molecular weight excluding hydrogens is 372 g/mol. The minimum atomic E-state index is -0.750. The Balaban J connectivity index is 1.75. The van der Waals surface area contributed by atoms with Crippen molar-refractivity contribution in [1.29, 1.82) is 0 Å². The zero-order valence-corrected chi connectivity index (χ0v) is 16.7. The average molecular weight is 395 g/mol. The summed E-state index contributed by atoms with van der Waals surface area (Å²) in [6.07, 6.45) is 1.19. The zero-order valence-electron chi connectivity index (χ0n) is 15.1. The van der Waals surface area contributed by atoms with Crippen LogP contribution in [0.5, 0.6) is 5.75 Å². The van der Waals surface area contributed by atoms with Gasteiger partial charge in [-0.25, -0.2) is 0 Å². The number of amides is 2. The molecule has 1 atom stereocenters. The molecule has 0 saturated heterocycles. The number of carbonyl (C=O) groups excluding carboxylic acids is 2. The van der Waals surface area contributed by atoms with E-state index in [1.54, 1.807) is 30.4 Å². The minimum absolute atomic E-state index is 0.221. The van der Waals surface area contributed by atoms with Crippen LogP contribution in [0, 0.1) is 13.8 Å². The first kappa shape index (κ1) is 20.3. The molecule has 0 fully saturated rings. The molecule has 140 valence electrons. The second kappa shape index (κ2) is 9.59. The van der Waals surface area contributed by atoms with Crippen molar-refractivity contribution in [3.8, 4) is 5.75 Å². The highest BCUT2D eigenvalue weighted by atomic mass is 35.5. The van der Waals surface area contributed by atoms with Crippen LogP contribution in [0.15, 0.2) is 29.6 Å². The standard InChI is InChI=1S/C19H23ClN2O3S/c1-12-10-15(20)11-13(2)18(12)25-14(3)19(24)22-21-17(23)8-4-6-16-7-5-9-26-16/h5,7,9-11,14H,4,6,8H2,1-3H3,(H,21,23)(H,22,24). The molecule has 0 radical (unpaired) electrons. The first-order valence-corrected chi connectivity index (χ1v) is 9.67. The molecule has 1 unspecified atom stereocenters. The maximum Gasteiger partial charge on any atom is 0.279 e. The van der Waals surface area contributed by atoms with E-state index in [4.69, 9.17) is 16.3 Å². The van der Waals surface area contributed by atoms with Gasteiger partial charge in [0.05, 0.1) is 0 Å². The Morgan fingerprint density at radius 2 is 1.92 bits per heavy atom. The van der Waals surface area contributed by atoms with Gasteiger partial charge in [0.15, 0.2) is 6.10 Å². The lowest BCUT2D eigenvalue weighted by atomic mass is 10.1. The van der Waals surface area contributed by atoms with Gasteiger partial charge in [-0.05, 0) is 68.3 Å². The van der Waals surface area contributed by atoms with Gasteiger partial charge in [0.2, 0.25) is 5.91 Å². The van der Waals surface area contributed by atoms with Crippen LogP contribution in [0.4, 0.5) is 0 Å². The monoisotopic (exact) mass is 394 g/mol. The van der Waals surface area contributed by atoms with Crippen LogP contribution < -0.4 is 15.6 Å². The Hall–Kier alpha value is -2.05. The van der Waals surface area contributed by atoms with Crippen LogP contribution in [0.2, 0.25) is 5.02 Å². The number of carbonyl (C=O) groups is 2. The average Bonchev–Trinajstić information content (AvgIpc) is 3.09. The van der Waals surface area contributed by atoms with Crippen LogP contribution in [-0.2, 0) is 16.0 Å². The summed E-state index contributed by atoms with van der Waals surface area (Å²) in [7, 11) is 0. The molecule has 2 N–H and O–H groups in total. The minimum Gasteiger partial charge on any atom is -0.480 e. The summed E-state index contributed by atoms with van der Waals surface area (Å²) in [5.41, 5.74) is 6.55. The van der Waals surface area contributed by atoms with E-state index in [1.807, 2.05) is 31.4 Å². The number of rotatable bonds is 7. The predicted molar refractivity (Wildman–Crippen MR) is 105 cm³/mol. The smallest absolute Gasteiger partial charge is 0.279 e. The molecule has 7 heteroatoms. The second-order valence-corrected chi connectivity index (χ2v) is 7.57. The molecule has 1 heterocycles. The Labute approximate surface area is 162 Å².